The highest BCUT2D eigenvalue weighted by atomic mass is 16.6. The van der Waals surface area contributed by atoms with E-state index in [2.05, 4.69) is 25.2 Å². The maximum Gasteiger partial charge on any atom is 0.273 e. The van der Waals surface area contributed by atoms with Crippen molar-refractivity contribution in [3.8, 4) is 17.2 Å². The van der Waals surface area contributed by atoms with Crippen LogP contribution >= 0.6 is 0 Å². The number of hydrogen-bond acceptors (Lipinski definition) is 10. The SMILES string of the molecule is COCCn1c(CCNCCc2nc(C(=O)NCc3ncccc3OC)co2)nc2cc3c(cc21)OCCO3. The third-order valence-corrected chi connectivity index (χ3v) is 6.32. The molecule has 3 aromatic heterocycles. The molecule has 0 aliphatic carbocycles. The number of fused-ring (bicyclic) bond motifs is 2. The predicted molar refractivity (Wildman–Crippen MR) is 141 cm³/mol. The Morgan fingerprint density at radius 2 is 1.92 bits per heavy atom. The van der Waals surface area contributed by atoms with E-state index in [-0.39, 0.29) is 18.1 Å². The number of aromatic nitrogens is 4. The Bertz CT molecular complexity index is 1420. The minimum absolute atomic E-state index is 0.224. The summed E-state index contributed by atoms with van der Waals surface area (Å²) >= 11 is 0. The first-order valence-corrected chi connectivity index (χ1v) is 12.8. The Morgan fingerprint density at radius 3 is 2.74 bits per heavy atom. The van der Waals surface area contributed by atoms with Crippen molar-refractivity contribution in [2.75, 3.05) is 47.1 Å². The van der Waals surface area contributed by atoms with Crippen molar-refractivity contribution >= 4 is 16.9 Å². The van der Waals surface area contributed by atoms with E-state index >= 15 is 0 Å². The molecule has 0 unspecified atom stereocenters. The first-order valence-electron chi connectivity index (χ1n) is 12.8. The second-order valence-corrected chi connectivity index (χ2v) is 8.87. The fraction of sp³-hybridized carbons (Fsp3) is 0.407. The number of rotatable bonds is 13. The maximum absolute atomic E-state index is 12.5. The molecular formula is C27H32N6O6. The molecule has 0 radical (unpaired) electrons. The second-order valence-electron chi connectivity index (χ2n) is 8.87. The number of pyridine rings is 1. The maximum atomic E-state index is 12.5. The van der Waals surface area contributed by atoms with E-state index in [4.69, 9.17) is 28.3 Å². The zero-order chi connectivity index (χ0) is 27.0. The first kappa shape index (κ1) is 26.4. The van der Waals surface area contributed by atoms with Crippen molar-refractivity contribution in [1.29, 1.82) is 0 Å². The number of nitrogens with one attached hydrogen (secondary N) is 2. The molecule has 2 N–H and O–H groups in total. The number of hydrogen-bond donors (Lipinski definition) is 2. The normalized spacial score (nSPS) is 12.6. The lowest BCUT2D eigenvalue weighted by molar-refractivity contribution is 0.0945. The van der Waals surface area contributed by atoms with Crippen molar-refractivity contribution in [2.45, 2.75) is 25.9 Å². The number of methoxy groups -OCH3 is 2. The highest BCUT2D eigenvalue weighted by Crippen LogP contribution is 2.34. The monoisotopic (exact) mass is 536 g/mol. The van der Waals surface area contributed by atoms with Crippen LogP contribution in [-0.4, -0.2) is 72.6 Å². The zero-order valence-corrected chi connectivity index (χ0v) is 22.1. The van der Waals surface area contributed by atoms with E-state index in [1.54, 1.807) is 32.5 Å². The number of benzene rings is 1. The molecule has 206 valence electrons. The average Bonchev–Trinajstić information content (AvgIpc) is 3.57. The summed E-state index contributed by atoms with van der Waals surface area (Å²) in [6, 6.07) is 7.50. The van der Waals surface area contributed by atoms with Crippen LogP contribution in [0.15, 0.2) is 41.1 Å². The number of nitrogens with zero attached hydrogens (tertiary/aromatic N) is 4. The van der Waals surface area contributed by atoms with Gasteiger partial charge in [-0.25, -0.2) is 9.97 Å². The van der Waals surface area contributed by atoms with Crippen LogP contribution in [0.1, 0.15) is 27.9 Å². The number of amides is 1. The van der Waals surface area contributed by atoms with Gasteiger partial charge in [0.15, 0.2) is 23.1 Å². The summed E-state index contributed by atoms with van der Waals surface area (Å²) in [5.41, 5.74) is 2.73. The molecule has 12 nitrogen and oxygen atoms in total. The van der Waals surface area contributed by atoms with Gasteiger partial charge in [0, 0.05) is 57.9 Å². The second kappa shape index (κ2) is 12.6. The lowest BCUT2D eigenvalue weighted by Crippen LogP contribution is -2.24. The quantitative estimate of drug-likeness (QED) is 0.245. The van der Waals surface area contributed by atoms with Crippen molar-refractivity contribution in [1.82, 2.24) is 30.2 Å². The fourth-order valence-corrected chi connectivity index (χ4v) is 4.38. The molecule has 0 spiro atoms. The van der Waals surface area contributed by atoms with Crippen LogP contribution < -0.4 is 24.8 Å². The van der Waals surface area contributed by atoms with Crippen molar-refractivity contribution in [3.05, 3.63) is 59.8 Å². The topological polar surface area (TPSA) is 135 Å². The molecule has 0 saturated heterocycles. The summed E-state index contributed by atoms with van der Waals surface area (Å²) in [6.45, 7) is 3.93. The molecule has 5 rings (SSSR count). The largest absolute Gasteiger partial charge is 0.495 e. The van der Waals surface area contributed by atoms with Crippen molar-refractivity contribution < 1.29 is 28.2 Å². The van der Waals surface area contributed by atoms with Gasteiger partial charge in [-0.15, -0.1) is 0 Å². The van der Waals surface area contributed by atoms with Gasteiger partial charge in [-0.2, -0.15) is 0 Å². The summed E-state index contributed by atoms with van der Waals surface area (Å²) < 4.78 is 29.7. The predicted octanol–water partition coefficient (Wildman–Crippen LogP) is 2.15. The fourth-order valence-electron chi connectivity index (χ4n) is 4.38. The molecule has 12 heteroatoms. The van der Waals surface area contributed by atoms with Crippen LogP contribution in [0.5, 0.6) is 17.2 Å². The van der Waals surface area contributed by atoms with E-state index < -0.39 is 0 Å². The Morgan fingerprint density at radius 1 is 1.10 bits per heavy atom. The van der Waals surface area contributed by atoms with Gasteiger partial charge in [-0.3, -0.25) is 9.78 Å². The van der Waals surface area contributed by atoms with Crippen LogP contribution in [-0.2, 0) is 30.7 Å². The summed E-state index contributed by atoms with van der Waals surface area (Å²) in [4.78, 5) is 25.9. The Hall–Kier alpha value is -4.16. The highest BCUT2D eigenvalue weighted by Gasteiger charge is 2.18. The van der Waals surface area contributed by atoms with Gasteiger partial charge in [-0.05, 0) is 12.1 Å². The number of ether oxygens (including phenoxy) is 4. The Labute approximate surface area is 225 Å². The van der Waals surface area contributed by atoms with Crippen LogP contribution in [0.2, 0.25) is 0 Å². The van der Waals surface area contributed by atoms with E-state index in [0.717, 1.165) is 34.8 Å². The molecule has 1 aromatic carbocycles. The summed E-state index contributed by atoms with van der Waals surface area (Å²) in [7, 11) is 3.25. The van der Waals surface area contributed by atoms with Gasteiger partial charge >= 0.3 is 0 Å². The lowest BCUT2D eigenvalue weighted by Gasteiger charge is -2.18. The Kier molecular flexibility index (Phi) is 8.54. The molecule has 1 aliphatic heterocycles. The van der Waals surface area contributed by atoms with Gasteiger partial charge in [0.2, 0.25) is 0 Å². The summed E-state index contributed by atoms with van der Waals surface area (Å²) in [5.74, 6) is 3.19. The number of carbonyl (C=O) groups is 1. The van der Waals surface area contributed by atoms with E-state index in [1.807, 2.05) is 12.1 Å². The third-order valence-electron chi connectivity index (χ3n) is 6.32. The minimum Gasteiger partial charge on any atom is -0.495 e. The van der Waals surface area contributed by atoms with E-state index in [1.165, 1.54) is 6.26 Å². The first-order chi connectivity index (χ1) is 19.2. The minimum atomic E-state index is -0.335. The number of carbonyl (C=O) groups excluding carboxylic acids is 1. The molecule has 0 fully saturated rings. The van der Waals surface area contributed by atoms with Crippen LogP contribution in [0.25, 0.3) is 11.0 Å². The summed E-state index contributed by atoms with van der Waals surface area (Å²) in [6.07, 6.45) is 4.28. The standard InChI is InChI=1S/C27H32N6O6/c1-35-11-10-33-21-15-24-23(37-12-13-38-24)14-18(21)31-25(33)5-8-28-9-6-26-32-20(17-39-26)27(34)30-16-19-22(36-2)4-3-7-29-19/h3-4,7,14-15,17,28H,5-6,8-13,16H2,1-2H3,(H,30,34). The van der Waals surface area contributed by atoms with Gasteiger partial charge < -0.3 is 38.6 Å². The lowest BCUT2D eigenvalue weighted by atomic mass is 10.2. The van der Waals surface area contributed by atoms with Crippen molar-refractivity contribution in [2.24, 2.45) is 0 Å². The van der Waals surface area contributed by atoms with Gasteiger partial charge in [0.05, 0.1) is 31.3 Å². The van der Waals surface area contributed by atoms with E-state index in [0.29, 0.717) is 63.2 Å². The molecule has 1 amide bonds. The molecule has 0 saturated carbocycles. The number of oxazole rings is 1. The van der Waals surface area contributed by atoms with Gasteiger partial charge in [0.1, 0.15) is 36.7 Å². The molecule has 4 aromatic rings. The number of imidazole rings is 1. The summed E-state index contributed by atoms with van der Waals surface area (Å²) in [5, 5.41) is 6.20. The van der Waals surface area contributed by atoms with Crippen molar-refractivity contribution in [3.63, 3.8) is 0 Å². The molecule has 4 heterocycles. The molecule has 0 bridgehead atoms. The molecule has 39 heavy (non-hydrogen) atoms. The van der Waals surface area contributed by atoms with Crippen LogP contribution in [0.4, 0.5) is 0 Å². The van der Waals surface area contributed by atoms with Crippen LogP contribution in [0, 0.1) is 0 Å². The Balaban J connectivity index is 1.12. The molecular weight excluding hydrogens is 504 g/mol. The highest BCUT2D eigenvalue weighted by molar-refractivity contribution is 5.91. The average molecular weight is 537 g/mol. The zero-order valence-electron chi connectivity index (χ0n) is 22.1. The molecule has 0 atom stereocenters. The third kappa shape index (κ3) is 6.29. The van der Waals surface area contributed by atoms with Gasteiger partial charge in [-0.1, -0.05) is 0 Å². The van der Waals surface area contributed by atoms with Crippen LogP contribution in [0.3, 0.4) is 0 Å². The smallest absolute Gasteiger partial charge is 0.273 e. The van der Waals surface area contributed by atoms with E-state index in [9.17, 15) is 4.79 Å². The van der Waals surface area contributed by atoms with Gasteiger partial charge in [0.25, 0.3) is 5.91 Å². The molecule has 1 aliphatic rings.